The van der Waals surface area contributed by atoms with E-state index in [1.54, 1.807) is 0 Å². The largest absolute Gasteiger partial charge is 0.741 e. The fraction of sp³-hybridized carbons (Fsp3) is 0.143. The van der Waals surface area contributed by atoms with Crippen molar-refractivity contribution in [2.75, 3.05) is 5.73 Å². The van der Waals surface area contributed by atoms with Gasteiger partial charge < -0.3 is 10.3 Å². The topological polar surface area (TPSA) is 83.2 Å². The van der Waals surface area contributed by atoms with E-state index >= 15 is 0 Å². The van der Waals surface area contributed by atoms with Gasteiger partial charge in [0.2, 0.25) is 0 Å². The van der Waals surface area contributed by atoms with E-state index in [-0.39, 0.29) is 0 Å². The van der Waals surface area contributed by atoms with Crippen molar-refractivity contribution in [3.05, 3.63) is 30.3 Å². The summed E-state index contributed by atoms with van der Waals surface area (Å²) in [5, 5.41) is 0. The van der Waals surface area contributed by atoms with Crippen LogP contribution >= 0.6 is 0 Å². The summed E-state index contributed by atoms with van der Waals surface area (Å²) in [6.45, 7) is 0. The smallest absolute Gasteiger partial charge is 0.485 e. The average molecular weight is 242 g/mol. The molecule has 1 aromatic carbocycles. The highest BCUT2D eigenvalue weighted by molar-refractivity contribution is 7.86. The van der Waals surface area contributed by atoms with E-state index in [4.69, 9.17) is 18.7 Å². The second-order valence-corrected chi connectivity index (χ2v) is 3.68. The molecule has 0 aliphatic heterocycles. The van der Waals surface area contributed by atoms with E-state index in [2.05, 4.69) is 0 Å². The number of alkyl halides is 3. The number of anilines is 1. The number of para-hydroxylation sites is 1. The molecule has 0 amide bonds. The number of hydrogen-bond donors (Lipinski definition) is 1. The molecule has 0 radical (unpaired) electrons. The van der Waals surface area contributed by atoms with Crippen LogP contribution in [0.4, 0.5) is 18.9 Å². The molecule has 0 aromatic heterocycles. The van der Waals surface area contributed by atoms with Crippen molar-refractivity contribution in [1.82, 2.24) is 0 Å². The first kappa shape index (κ1) is 13.7. The van der Waals surface area contributed by atoms with Crippen molar-refractivity contribution in [2.24, 2.45) is 0 Å². The SMILES string of the molecule is Nc1ccccc1.O=S(=O)([O-])C(F)(F)F. The van der Waals surface area contributed by atoms with Crippen LogP contribution < -0.4 is 5.73 Å². The summed E-state index contributed by atoms with van der Waals surface area (Å²) in [5.41, 5.74) is 0.534. The Morgan fingerprint density at radius 1 is 1.13 bits per heavy atom. The Bertz CT molecular complexity index is 388. The van der Waals surface area contributed by atoms with Gasteiger partial charge in [-0.15, -0.1) is 0 Å². The van der Waals surface area contributed by atoms with Crippen LogP contribution in [-0.4, -0.2) is 18.5 Å². The Kier molecular flexibility index (Phi) is 4.56. The maximum atomic E-state index is 10.7. The molecule has 15 heavy (non-hydrogen) atoms. The molecule has 0 saturated heterocycles. The van der Waals surface area contributed by atoms with Gasteiger partial charge in [0, 0.05) is 5.69 Å². The Morgan fingerprint density at radius 2 is 1.47 bits per heavy atom. The lowest BCUT2D eigenvalue weighted by Gasteiger charge is -2.08. The van der Waals surface area contributed by atoms with Crippen LogP contribution in [0.3, 0.4) is 0 Å². The van der Waals surface area contributed by atoms with Crippen molar-refractivity contribution >= 4 is 15.8 Å². The van der Waals surface area contributed by atoms with E-state index in [0.29, 0.717) is 0 Å². The minimum absolute atomic E-state index is 0.822. The Labute approximate surface area is 84.3 Å². The first-order chi connectivity index (χ1) is 6.64. The van der Waals surface area contributed by atoms with Crippen LogP contribution in [-0.2, 0) is 10.1 Å². The highest BCUT2D eigenvalue weighted by Gasteiger charge is 2.36. The van der Waals surface area contributed by atoms with Gasteiger partial charge in [0.15, 0.2) is 10.1 Å². The monoisotopic (exact) mass is 242 g/mol. The molecule has 2 N–H and O–H groups in total. The zero-order chi connectivity index (χ0) is 12.1. The maximum Gasteiger partial charge on any atom is 0.485 e. The minimum Gasteiger partial charge on any atom is -0.741 e. The summed E-state index contributed by atoms with van der Waals surface area (Å²) in [6.07, 6.45) is 0. The number of halogens is 3. The van der Waals surface area contributed by atoms with Gasteiger partial charge in [-0.3, -0.25) is 0 Å². The quantitative estimate of drug-likeness (QED) is 0.422. The lowest BCUT2D eigenvalue weighted by Crippen LogP contribution is -2.21. The van der Waals surface area contributed by atoms with Gasteiger partial charge in [-0.2, -0.15) is 13.2 Å². The molecule has 1 rings (SSSR count). The summed E-state index contributed by atoms with van der Waals surface area (Å²) in [7, 11) is -6.09. The van der Waals surface area contributed by atoms with Gasteiger partial charge in [0.05, 0.1) is 0 Å². The minimum atomic E-state index is -6.09. The molecular formula is C7H7F3NO3S-. The number of rotatable bonds is 0. The van der Waals surface area contributed by atoms with E-state index in [0.717, 1.165) is 5.69 Å². The second-order valence-electron chi connectivity index (χ2n) is 2.31. The van der Waals surface area contributed by atoms with E-state index < -0.39 is 15.6 Å². The van der Waals surface area contributed by atoms with E-state index in [1.807, 2.05) is 30.3 Å². The predicted molar refractivity (Wildman–Crippen MR) is 46.6 cm³/mol. The van der Waals surface area contributed by atoms with Crippen molar-refractivity contribution < 1.29 is 26.1 Å². The highest BCUT2D eigenvalue weighted by Crippen LogP contribution is 2.20. The standard InChI is InChI=1S/C6H7N.CHF3O3S/c7-6-4-2-1-3-5-6;2-1(3,4)8(5,6)7/h1-5H,7H2;(H,5,6,7)/p-1. The van der Waals surface area contributed by atoms with E-state index in [9.17, 15) is 13.2 Å². The third kappa shape index (κ3) is 5.92. The molecule has 0 heterocycles. The third-order valence-electron chi connectivity index (χ3n) is 1.08. The van der Waals surface area contributed by atoms with Gasteiger partial charge in [0.25, 0.3) is 0 Å². The average Bonchev–Trinajstić information content (AvgIpc) is 2.02. The molecule has 0 saturated carbocycles. The molecular weight excluding hydrogens is 235 g/mol. The zero-order valence-corrected chi connectivity index (χ0v) is 8.05. The summed E-state index contributed by atoms with van der Waals surface area (Å²) >= 11 is 0. The van der Waals surface area contributed by atoms with Crippen LogP contribution in [0.15, 0.2) is 30.3 Å². The van der Waals surface area contributed by atoms with Gasteiger partial charge in [-0.05, 0) is 12.1 Å². The predicted octanol–water partition coefficient (Wildman–Crippen LogP) is 1.32. The second kappa shape index (κ2) is 4.99. The normalized spacial score (nSPS) is 11.5. The first-order valence-electron chi connectivity index (χ1n) is 3.47. The van der Waals surface area contributed by atoms with Gasteiger partial charge in [-0.1, -0.05) is 18.2 Å². The molecule has 1 aromatic rings. The van der Waals surface area contributed by atoms with Crippen molar-refractivity contribution in [3.63, 3.8) is 0 Å². The van der Waals surface area contributed by atoms with Gasteiger partial charge >= 0.3 is 5.51 Å². The fourth-order valence-corrected chi connectivity index (χ4v) is 0.453. The van der Waals surface area contributed by atoms with E-state index in [1.165, 1.54) is 0 Å². The molecule has 0 bridgehead atoms. The van der Waals surface area contributed by atoms with Crippen molar-refractivity contribution in [1.29, 1.82) is 0 Å². The maximum absolute atomic E-state index is 10.7. The number of nitrogens with two attached hydrogens (primary N) is 1. The molecule has 0 unspecified atom stereocenters. The third-order valence-corrected chi connectivity index (χ3v) is 1.65. The fourth-order valence-electron chi connectivity index (χ4n) is 0.453. The van der Waals surface area contributed by atoms with Gasteiger partial charge in [0.1, 0.15) is 0 Å². The summed E-state index contributed by atoms with van der Waals surface area (Å²) in [6, 6.07) is 9.49. The van der Waals surface area contributed by atoms with Crippen molar-refractivity contribution in [2.45, 2.75) is 5.51 Å². The van der Waals surface area contributed by atoms with Crippen LogP contribution in [0.1, 0.15) is 0 Å². The van der Waals surface area contributed by atoms with Crippen LogP contribution in [0, 0.1) is 0 Å². The summed E-state index contributed by atoms with van der Waals surface area (Å²) < 4.78 is 58.9. The van der Waals surface area contributed by atoms with Crippen molar-refractivity contribution in [3.8, 4) is 0 Å². The summed E-state index contributed by atoms with van der Waals surface area (Å²) in [5.74, 6) is 0. The molecule has 0 fully saturated rings. The lowest BCUT2D eigenvalue weighted by atomic mass is 10.3. The Morgan fingerprint density at radius 3 is 1.60 bits per heavy atom. The number of benzene rings is 1. The molecule has 4 nitrogen and oxygen atoms in total. The molecule has 8 heteroatoms. The molecule has 0 aliphatic rings. The Hall–Kier alpha value is -1.28. The molecule has 0 atom stereocenters. The summed E-state index contributed by atoms with van der Waals surface area (Å²) in [4.78, 5) is 0. The lowest BCUT2D eigenvalue weighted by molar-refractivity contribution is -0.0517. The zero-order valence-electron chi connectivity index (χ0n) is 7.23. The number of nitrogen functional groups attached to an aromatic ring is 1. The van der Waals surface area contributed by atoms with Crippen LogP contribution in [0.5, 0.6) is 0 Å². The van der Waals surface area contributed by atoms with Gasteiger partial charge in [-0.25, -0.2) is 8.42 Å². The van der Waals surface area contributed by atoms with Crippen LogP contribution in [0.25, 0.3) is 0 Å². The molecule has 86 valence electrons. The molecule has 0 spiro atoms. The highest BCUT2D eigenvalue weighted by atomic mass is 32.2. The molecule has 0 aliphatic carbocycles. The Balaban J connectivity index is 0.000000262. The number of hydrogen-bond acceptors (Lipinski definition) is 4. The van der Waals surface area contributed by atoms with Crippen LogP contribution in [0.2, 0.25) is 0 Å². The first-order valence-corrected chi connectivity index (χ1v) is 4.88.